The first-order valence-electron chi connectivity index (χ1n) is 4.38. The number of aliphatic hydroxyl groups excluding tert-OH is 1. The number of ketones is 1. The molecule has 1 N–H and O–H groups in total. The van der Waals surface area contributed by atoms with Crippen molar-refractivity contribution in [2.75, 3.05) is 0 Å². The fourth-order valence-corrected chi connectivity index (χ4v) is 1.11. The maximum atomic E-state index is 12.0. The number of alkyl halides is 3. The molecule has 0 fully saturated rings. The van der Waals surface area contributed by atoms with E-state index in [1.807, 2.05) is 0 Å². The second-order valence-electron chi connectivity index (χ2n) is 3.08. The highest BCUT2D eigenvalue weighted by Crippen LogP contribution is 2.26. The summed E-state index contributed by atoms with van der Waals surface area (Å²) in [7, 11) is 0. The Balaban J connectivity index is 3.06. The van der Waals surface area contributed by atoms with Gasteiger partial charge in [-0.15, -0.1) is 13.2 Å². The Kier molecular flexibility index (Phi) is 3.54. The van der Waals surface area contributed by atoms with Crippen LogP contribution in [0, 0.1) is 0 Å². The van der Waals surface area contributed by atoms with Gasteiger partial charge in [-0.05, 0) is 19.1 Å². The van der Waals surface area contributed by atoms with Crippen LogP contribution in [-0.2, 0) is 0 Å². The van der Waals surface area contributed by atoms with Gasteiger partial charge in [-0.2, -0.15) is 0 Å². The third kappa shape index (κ3) is 3.23. The van der Waals surface area contributed by atoms with E-state index in [9.17, 15) is 18.0 Å². The van der Waals surface area contributed by atoms with Gasteiger partial charge in [0.1, 0.15) is 11.9 Å². The molecule has 88 valence electrons. The molecule has 0 spiro atoms. The van der Waals surface area contributed by atoms with Gasteiger partial charge in [-0.3, -0.25) is 4.79 Å². The van der Waals surface area contributed by atoms with Crippen LogP contribution < -0.4 is 4.74 Å². The Morgan fingerprint density at radius 1 is 1.38 bits per heavy atom. The smallest absolute Gasteiger partial charge is 0.405 e. The lowest BCUT2D eigenvalue weighted by molar-refractivity contribution is -0.274. The van der Waals surface area contributed by atoms with Gasteiger partial charge in [0.25, 0.3) is 0 Å². The molecule has 0 amide bonds. The fraction of sp³-hybridized carbons (Fsp3) is 0.300. The van der Waals surface area contributed by atoms with Crippen molar-refractivity contribution < 1.29 is 27.8 Å². The number of rotatable bonds is 3. The van der Waals surface area contributed by atoms with Gasteiger partial charge in [0.15, 0.2) is 5.78 Å². The third-order valence-corrected chi connectivity index (χ3v) is 1.76. The summed E-state index contributed by atoms with van der Waals surface area (Å²) >= 11 is 0. The number of benzene rings is 1. The number of halogens is 3. The van der Waals surface area contributed by atoms with Crippen LogP contribution in [0.1, 0.15) is 17.3 Å². The number of Topliss-reactive ketones (excluding diaryl/α,β-unsaturated/α-hetero) is 1. The first-order valence-corrected chi connectivity index (χ1v) is 4.38. The summed E-state index contributed by atoms with van der Waals surface area (Å²) in [6.45, 7) is 1.17. The Morgan fingerprint density at radius 2 is 1.94 bits per heavy atom. The van der Waals surface area contributed by atoms with Crippen molar-refractivity contribution in [2.24, 2.45) is 0 Å². The van der Waals surface area contributed by atoms with Crippen LogP contribution in [0.15, 0.2) is 24.3 Å². The molecular weight excluding hydrogens is 225 g/mol. The monoisotopic (exact) mass is 234 g/mol. The van der Waals surface area contributed by atoms with Crippen molar-refractivity contribution in [1.29, 1.82) is 0 Å². The number of para-hydroxylation sites is 1. The van der Waals surface area contributed by atoms with Crippen LogP contribution >= 0.6 is 0 Å². The first kappa shape index (κ1) is 12.5. The van der Waals surface area contributed by atoms with Gasteiger partial charge in [0.2, 0.25) is 0 Å². The highest BCUT2D eigenvalue weighted by atomic mass is 19.4. The standard InChI is InChI=1S/C10H9F3O3/c1-6(14)9(15)7-4-2-3-5-8(7)16-10(11,12)13/h2-6,14H,1H3. The van der Waals surface area contributed by atoms with E-state index in [0.29, 0.717) is 0 Å². The van der Waals surface area contributed by atoms with Crippen LogP contribution in [0.25, 0.3) is 0 Å². The van der Waals surface area contributed by atoms with Crippen molar-refractivity contribution in [3.63, 3.8) is 0 Å². The van der Waals surface area contributed by atoms with Crippen molar-refractivity contribution in [3.8, 4) is 5.75 Å². The number of hydrogen-bond donors (Lipinski definition) is 1. The minimum absolute atomic E-state index is 0.296. The van der Waals surface area contributed by atoms with Gasteiger partial charge in [0, 0.05) is 0 Å². The molecule has 16 heavy (non-hydrogen) atoms. The SMILES string of the molecule is CC(O)C(=O)c1ccccc1OC(F)(F)F. The number of aliphatic hydroxyl groups is 1. The van der Waals surface area contributed by atoms with Crippen molar-refractivity contribution >= 4 is 5.78 Å². The third-order valence-electron chi connectivity index (χ3n) is 1.76. The van der Waals surface area contributed by atoms with E-state index in [-0.39, 0.29) is 5.56 Å². The summed E-state index contributed by atoms with van der Waals surface area (Å²) in [5.74, 6) is -1.43. The Bertz CT molecular complexity index is 385. The summed E-state index contributed by atoms with van der Waals surface area (Å²) in [5.41, 5.74) is -0.296. The lowest BCUT2D eigenvalue weighted by Gasteiger charge is -2.13. The summed E-state index contributed by atoms with van der Waals surface area (Å²) in [6, 6.07) is 4.87. The van der Waals surface area contributed by atoms with Crippen LogP contribution in [-0.4, -0.2) is 23.4 Å². The van der Waals surface area contributed by atoms with Gasteiger partial charge < -0.3 is 9.84 Å². The zero-order valence-corrected chi connectivity index (χ0v) is 8.28. The molecule has 0 aliphatic carbocycles. The van der Waals surface area contributed by atoms with Crippen molar-refractivity contribution in [3.05, 3.63) is 29.8 Å². The van der Waals surface area contributed by atoms with Crippen LogP contribution in [0.3, 0.4) is 0 Å². The van der Waals surface area contributed by atoms with Gasteiger partial charge in [-0.25, -0.2) is 0 Å². The van der Waals surface area contributed by atoms with Crippen LogP contribution in [0.2, 0.25) is 0 Å². The quantitative estimate of drug-likeness (QED) is 0.815. The Labute approximate surface area is 89.5 Å². The normalized spacial score (nSPS) is 13.3. The molecule has 0 aliphatic heterocycles. The molecule has 0 heterocycles. The van der Waals surface area contributed by atoms with E-state index < -0.39 is 24.0 Å². The van der Waals surface area contributed by atoms with E-state index >= 15 is 0 Å². The average molecular weight is 234 g/mol. The van der Waals surface area contributed by atoms with E-state index in [0.717, 1.165) is 12.1 Å². The summed E-state index contributed by atoms with van der Waals surface area (Å²) < 4.78 is 39.6. The van der Waals surface area contributed by atoms with Gasteiger partial charge >= 0.3 is 6.36 Å². The number of carbonyl (C=O) groups is 1. The Morgan fingerprint density at radius 3 is 2.44 bits per heavy atom. The van der Waals surface area contributed by atoms with E-state index in [1.54, 1.807) is 0 Å². The molecule has 3 nitrogen and oxygen atoms in total. The predicted octanol–water partition coefficient (Wildman–Crippen LogP) is 2.15. The zero-order chi connectivity index (χ0) is 12.3. The van der Waals surface area contributed by atoms with E-state index in [2.05, 4.69) is 4.74 Å². The van der Waals surface area contributed by atoms with Gasteiger partial charge in [0.05, 0.1) is 5.56 Å². The van der Waals surface area contributed by atoms with E-state index in [1.165, 1.54) is 19.1 Å². The van der Waals surface area contributed by atoms with Crippen molar-refractivity contribution in [2.45, 2.75) is 19.4 Å². The molecule has 0 saturated carbocycles. The molecule has 1 aromatic carbocycles. The zero-order valence-electron chi connectivity index (χ0n) is 8.28. The number of ether oxygens (including phenoxy) is 1. The molecule has 1 atom stereocenters. The van der Waals surface area contributed by atoms with Crippen LogP contribution in [0.5, 0.6) is 5.75 Å². The topological polar surface area (TPSA) is 46.5 Å². The van der Waals surface area contributed by atoms with Crippen LogP contribution in [0.4, 0.5) is 13.2 Å². The maximum absolute atomic E-state index is 12.0. The molecule has 0 aliphatic rings. The lowest BCUT2D eigenvalue weighted by Crippen LogP contribution is -2.22. The minimum atomic E-state index is -4.87. The maximum Gasteiger partial charge on any atom is 0.573 e. The molecule has 0 saturated heterocycles. The molecular formula is C10H9F3O3. The summed E-state index contributed by atoms with van der Waals surface area (Å²) in [6.07, 6.45) is -6.24. The lowest BCUT2D eigenvalue weighted by atomic mass is 10.1. The van der Waals surface area contributed by atoms with Crippen molar-refractivity contribution in [1.82, 2.24) is 0 Å². The fourth-order valence-electron chi connectivity index (χ4n) is 1.11. The molecule has 0 aromatic heterocycles. The molecule has 0 radical (unpaired) electrons. The first-order chi connectivity index (χ1) is 7.31. The number of carbonyl (C=O) groups excluding carboxylic acids is 1. The van der Waals surface area contributed by atoms with E-state index in [4.69, 9.17) is 5.11 Å². The summed E-state index contributed by atoms with van der Waals surface area (Å²) in [4.78, 5) is 11.4. The molecule has 0 bridgehead atoms. The van der Waals surface area contributed by atoms with Gasteiger partial charge in [-0.1, -0.05) is 12.1 Å². The second kappa shape index (κ2) is 4.52. The Hall–Kier alpha value is -1.56. The highest BCUT2D eigenvalue weighted by Gasteiger charge is 2.33. The highest BCUT2D eigenvalue weighted by molar-refractivity contribution is 6.01. The molecule has 1 aromatic rings. The molecule has 1 rings (SSSR count). The molecule has 1 unspecified atom stereocenters. The average Bonchev–Trinajstić information content (AvgIpc) is 2.15. The largest absolute Gasteiger partial charge is 0.573 e. The second-order valence-corrected chi connectivity index (χ2v) is 3.08. The number of hydrogen-bond acceptors (Lipinski definition) is 3. The molecule has 6 heteroatoms. The summed E-state index contributed by atoms with van der Waals surface area (Å²) in [5, 5.41) is 9.01. The minimum Gasteiger partial charge on any atom is -0.405 e. The predicted molar refractivity (Wildman–Crippen MR) is 49.1 cm³/mol.